The van der Waals surface area contributed by atoms with E-state index in [1.165, 1.54) is 16.9 Å². The number of hydrogen-bond acceptors (Lipinski definition) is 5. The fourth-order valence-electron chi connectivity index (χ4n) is 3.97. The summed E-state index contributed by atoms with van der Waals surface area (Å²) in [5, 5.41) is 0.791. The molecule has 2 aliphatic rings. The molecule has 3 heterocycles. The fraction of sp³-hybridized carbons (Fsp3) is 0.611. The Kier molecular flexibility index (Phi) is 5.99. The van der Waals surface area contributed by atoms with Gasteiger partial charge < -0.3 is 10.6 Å². The SMILES string of the molecule is Cl.NCC1CCN(C(=O)CCn2cnc3sc4c(c3c2=O)CCCC4)C1. The van der Waals surface area contributed by atoms with Crippen LogP contribution in [0.3, 0.4) is 0 Å². The Morgan fingerprint density at radius 2 is 2.15 bits per heavy atom. The standard InChI is InChI=1S/C18H24N4O2S.ClH/c19-9-12-5-7-21(10-12)15(23)6-8-22-11-20-17-16(18(22)24)13-3-1-2-4-14(13)25-17;/h11-12H,1-10,19H2;1H. The molecule has 0 saturated carbocycles. The average molecular weight is 397 g/mol. The number of thiophene rings is 1. The molecule has 4 rings (SSSR count). The lowest BCUT2D eigenvalue weighted by Gasteiger charge is -2.16. The van der Waals surface area contributed by atoms with E-state index < -0.39 is 0 Å². The fourth-order valence-corrected chi connectivity index (χ4v) is 5.19. The lowest BCUT2D eigenvalue weighted by Crippen LogP contribution is -2.31. The van der Waals surface area contributed by atoms with E-state index >= 15 is 0 Å². The smallest absolute Gasteiger partial charge is 0.262 e. The number of rotatable bonds is 4. The van der Waals surface area contributed by atoms with Crippen molar-refractivity contribution in [1.82, 2.24) is 14.5 Å². The van der Waals surface area contributed by atoms with E-state index in [4.69, 9.17) is 5.73 Å². The van der Waals surface area contributed by atoms with Gasteiger partial charge in [-0.1, -0.05) is 0 Å². The number of hydrogen-bond donors (Lipinski definition) is 1. The number of nitrogens with zero attached hydrogens (tertiary/aromatic N) is 3. The van der Waals surface area contributed by atoms with E-state index in [1.807, 2.05) is 4.90 Å². The number of amides is 1. The van der Waals surface area contributed by atoms with Gasteiger partial charge >= 0.3 is 0 Å². The molecule has 0 radical (unpaired) electrons. The van der Waals surface area contributed by atoms with Gasteiger partial charge in [-0.3, -0.25) is 14.2 Å². The highest BCUT2D eigenvalue weighted by atomic mass is 35.5. The number of halogens is 1. The first kappa shape index (κ1) is 19.3. The molecule has 6 nitrogen and oxygen atoms in total. The van der Waals surface area contributed by atoms with Crippen molar-refractivity contribution in [2.75, 3.05) is 19.6 Å². The first-order valence-electron chi connectivity index (χ1n) is 9.15. The second kappa shape index (κ2) is 8.06. The van der Waals surface area contributed by atoms with Crippen LogP contribution in [0.2, 0.25) is 0 Å². The van der Waals surface area contributed by atoms with Crippen LogP contribution in [0.1, 0.15) is 36.1 Å². The summed E-state index contributed by atoms with van der Waals surface area (Å²) in [5.41, 5.74) is 6.90. The van der Waals surface area contributed by atoms with Crippen LogP contribution in [0.15, 0.2) is 11.1 Å². The molecule has 1 atom stereocenters. The maximum absolute atomic E-state index is 12.9. The Morgan fingerprint density at radius 1 is 1.35 bits per heavy atom. The molecule has 2 aromatic rings. The summed E-state index contributed by atoms with van der Waals surface area (Å²) in [5.74, 6) is 0.525. The van der Waals surface area contributed by atoms with Crippen LogP contribution >= 0.6 is 23.7 Å². The number of fused-ring (bicyclic) bond motifs is 3. The van der Waals surface area contributed by atoms with Gasteiger partial charge in [0.1, 0.15) is 4.83 Å². The number of carbonyl (C=O) groups is 1. The molecule has 2 aromatic heterocycles. The largest absolute Gasteiger partial charge is 0.342 e. The van der Waals surface area contributed by atoms with Gasteiger partial charge in [-0.05, 0) is 50.1 Å². The molecule has 1 aliphatic heterocycles. The van der Waals surface area contributed by atoms with Crippen molar-refractivity contribution in [1.29, 1.82) is 0 Å². The summed E-state index contributed by atoms with van der Waals surface area (Å²) in [6, 6.07) is 0. The van der Waals surface area contributed by atoms with Crippen molar-refractivity contribution in [2.24, 2.45) is 11.7 Å². The maximum Gasteiger partial charge on any atom is 0.262 e. The highest BCUT2D eigenvalue weighted by Gasteiger charge is 2.25. The summed E-state index contributed by atoms with van der Waals surface area (Å²) < 4.78 is 1.61. The molecular weight excluding hydrogens is 372 g/mol. The molecule has 0 spiro atoms. The number of aromatic nitrogens is 2. The first-order chi connectivity index (χ1) is 12.2. The lowest BCUT2D eigenvalue weighted by atomic mass is 9.97. The second-order valence-electron chi connectivity index (χ2n) is 7.11. The second-order valence-corrected chi connectivity index (χ2v) is 8.20. The van der Waals surface area contributed by atoms with Gasteiger partial charge in [-0.25, -0.2) is 4.98 Å². The predicted octanol–water partition coefficient (Wildman–Crippen LogP) is 1.96. The summed E-state index contributed by atoms with van der Waals surface area (Å²) >= 11 is 1.66. The molecule has 142 valence electrons. The zero-order valence-electron chi connectivity index (χ0n) is 14.8. The Bertz CT molecular complexity index is 863. The molecule has 1 aliphatic carbocycles. The third kappa shape index (κ3) is 3.52. The maximum atomic E-state index is 12.9. The van der Waals surface area contributed by atoms with Crippen LogP contribution in [-0.2, 0) is 24.2 Å². The van der Waals surface area contributed by atoms with E-state index in [9.17, 15) is 9.59 Å². The molecule has 8 heteroatoms. The number of aryl methyl sites for hydroxylation is 3. The van der Waals surface area contributed by atoms with Crippen molar-refractivity contribution in [2.45, 2.75) is 45.1 Å². The monoisotopic (exact) mass is 396 g/mol. The minimum absolute atomic E-state index is 0. The van der Waals surface area contributed by atoms with Gasteiger partial charge in [0.25, 0.3) is 5.56 Å². The van der Waals surface area contributed by atoms with E-state index in [0.717, 1.165) is 49.0 Å². The van der Waals surface area contributed by atoms with Crippen molar-refractivity contribution in [3.8, 4) is 0 Å². The Morgan fingerprint density at radius 3 is 2.92 bits per heavy atom. The van der Waals surface area contributed by atoms with Crippen molar-refractivity contribution < 1.29 is 4.79 Å². The van der Waals surface area contributed by atoms with Gasteiger partial charge in [-0.2, -0.15) is 0 Å². The van der Waals surface area contributed by atoms with Crippen LogP contribution in [0.25, 0.3) is 10.2 Å². The predicted molar refractivity (Wildman–Crippen MR) is 106 cm³/mol. The molecule has 1 amide bonds. The topological polar surface area (TPSA) is 81.2 Å². The van der Waals surface area contributed by atoms with E-state index in [1.54, 1.807) is 22.2 Å². The summed E-state index contributed by atoms with van der Waals surface area (Å²) in [6.07, 6.45) is 7.31. The molecule has 1 saturated heterocycles. The quantitative estimate of drug-likeness (QED) is 0.856. The molecule has 26 heavy (non-hydrogen) atoms. The number of nitrogens with two attached hydrogens (primary N) is 1. The van der Waals surface area contributed by atoms with Crippen molar-refractivity contribution >= 4 is 39.9 Å². The average Bonchev–Trinajstić information content (AvgIpc) is 3.25. The summed E-state index contributed by atoms with van der Waals surface area (Å²) in [4.78, 5) is 33.8. The van der Waals surface area contributed by atoms with Gasteiger partial charge in [0.2, 0.25) is 5.91 Å². The van der Waals surface area contributed by atoms with Gasteiger partial charge in [-0.15, -0.1) is 23.7 Å². The molecule has 1 fully saturated rings. The Hall–Kier alpha value is -1.44. The Labute approximate surface area is 162 Å². The van der Waals surface area contributed by atoms with Crippen LogP contribution in [0, 0.1) is 5.92 Å². The zero-order valence-corrected chi connectivity index (χ0v) is 16.4. The minimum Gasteiger partial charge on any atom is -0.342 e. The third-order valence-electron chi connectivity index (χ3n) is 5.48. The molecule has 0 aromatic carbocycles. The van der Waals surface area contributed by atoms with Gasteiger partial charge in [0.05, 0.1) is 11.7 Å². The zero-order chi connectivity index (χ0) is 17.4. The van der Waals surface area contributed by atoms with E-state index in [2.05, 4.69) is 4.98 Å². The summed E-state index contributed by atoms with van der Waals surface area (Å²) in [7, 11) is 0. The van der Waals surface area contributed by atoms with Crippen LogP contribution in [0.4, 0.5) is 0 Å². The van der Waals surface area contributed by atoms with Crippen LogP contribution < -0.4 is 11.3 Å². The number of carbonyl (C=O) groups excluding carboxylic acids is 1. The van der Waals surface area contributed by atoms with E-state index in [0.29, 0.717) is 25.4 Å². The number of likely N-dealkylation sites (tertiary alicyclic amines) is 1. The summed E-state index contributed by atoms with van der Waals surface area (Å²) in [6.45, 7) is 2.56. The van der Waals surface area contributed by atoms with Crippen molar-refractivity contribution in [3.63, 3.8) is 0 Å². The van der Waals surface area contributed by atoms with Crippen molar-refractivity contribution in [3.05, 3.63) is 27.1 Å². The highest BCUT2D eigenvalue weighted by Crippen LogP contribution is 2.33. The lowest BCUT2D eigenvalue weighted by molar-refractivity contribution is -0.130. The van der Waals surface area contributed by atoms with Crippen LogP contribution in [-0.4, -0.2) is 40.0 Å². The highest BCUT2D eigenvalue weighted by molar-refractivity contribution is 7.18. The minimum atomic E-state index is 0. The van der Waals surface area contributed by atoms with E-state index in [-0.39, 0.29) is 23.9 Å². The third-order valence-corrected chi connectivity index (χ3v) is 6.68. The van der Waals surface area contributed by atoms with Gasteiger partial charge in [0.15, 0.2) is 0 Å². The molecule has 0 bridgehead atoms. The Balaban J connectivity index is 0.00000196. The first-order valence-corrected chi connectivity index (χ1v) is 9.96. The van der Waals surface area contributed by atoms with Gasteiger partial charge in [0, 0.05) is 30.9 Å². The molecule has 2 N–H and O–H groups in total. The molecular formula is C18H25ClN4O2S. The molecule has 1 unspecified atom stereocenters. The normalized spacial score (nSPS) is 19.4. The van der Waals surface area contributed by atoms with Crippen LogP contribution in [0.5, 0.6) is 0 Å².